The summed E-state index contributed by atoms with van der Waals surface area (Å²) < 4.78 is 5.56. The van der Waals surface area contributed by atoms with E-state index in [9.17, 15) is 4.79 Å². The van der Waals surface area contributed by atoms with Crippen LogP contribution in [0.15, 0.2) is 12.7 Å². The minimum atomic E-state index is -0.718. The van der Waals surface area contributed by atoms with Crippen LogP contribution in [0.4, 0.5) is 0 Å². The molecule has 80 valence electrons. The summed E-state index contributed by atoms with van der Waals surface area (Å²) in [5, 5.41) is 8.73. The maximum absolute atomic E-state index is 10.6. The Morgan fingerprint density at radius 1 is 1.50 bits per heavy atom. The SMILES string of the molecule is C=CCOC1CCCCC1CC(=O)O. The molecule has 0 radical (unpaired) electrons. The van der Waals surface area contributed by atoms with Gasteiger partial charge in [-0.25, -0.2) is 0 Å². The molecule has 1 rings (SSSR count). The zero-order valence-corrected chi connectivity index (χ0v) is 8.45. The Kier molecular flexibility index (Phi) is 4.66. The highest BCUT2D eigenvalue weighted by molar-refractivity contribution is 5.67. The third kappa shape index (κ3) is 3.50. The predicted octanol–water partition coefficient (Wildman–Crippen LogP) is 2.22. The minimum absolute atomic E-state index is 0.123. The van der Waals surface area contributed by atoms with Gasteiger partial charge >= 0.3 is 5.97 Å². The molecule has 0 aromatic rings. The molecule has 0 aliphatic heterocycles. The van der Waals surface area contributed by atoms with Crippen molar-refractivity contribution >= 4 is 5.97 Å². The van der Waals surface area contributed by atoms with Crippen molar-refractivity contribution in [3.8, 4) is 0 Å². The largest absolute Gasteiger partial charge is 0.481 e. The van der Waals surface area contributed by atoms with E-state index in [1.54, 1.807) is 6.08 Å². The van der Waals surface area contributed by atoms with Gasteiger partial charge in [0.25, 0.3) is 0 Å². The molecule has 1 aliphatic carbocycles. The van der Waals surface area contributed by atoms with Gasteiger partial charge in [-0.1, -0.05) is 18.9 Å². The zero-order valence-electron chi connectivity index (χ0n) is 8.45. The molecule has 0 spiro atoms. The molecule has 1 saturated carbocycles. The first-order chi connectivity index (χ1) is 6.74. The number of carboxylic acids is 1. The van der Waals surface area contributed by atoms with Crippen molar-refractivity contribution in [3.05, 3.63) is 12.7 Å². The van der Waals surface area contributed by atoms with Crippen LogP contribution in [0.3, 0.4) is 0 Å². The molecule has 14 heavy (non-hydrogen) atoms. The fourth-order valence-corrected chi connectivity index (χ4v) is 2.04. The molecule has 1 fully saturated rings. The molecule has 0 aromatic carbocycles. The molecule has 0 aromatic heterocycles. The van der Waals surface area contributed by atoms with E-state index in [1.807, 2.05) is 0 Å². The number of hydrogen-bond acceptors (Lipinski definition) is 2. The van der Waals surface area contributed by atoms with E-state index in [4.69, 9.17) is 9.84 Å². The van der Waals surface area contributed by atoms with Crippen molar-refractivity contribution in [2.75, 3.05) is 6.61 Å². The topological polar surface area (TPSA) is 46.5 Å². The van der Waals surface area contributed by atoms with Gasteiger partial charge in [-0.3, -0.25) is 4.79 Å². The van der Waals surface area contributed by atoms with Gasteiger partial charge in [-0.05, 0) is 18.8 Å². The molecular weight excluding hydrogens is 180 g/mol. The Morgan fingerprint density at radius 2 is 2.21 bits per heavy atom. The number of carbonyl (C=O) groups is 1. The predicted molar refractivity (Wildman–Crippen MR) is 54.1 cm³/mol. The Hall–Kier alpha value is -0.830. The first-order valence-electron chi connectivity index (χ1n) is 5.18. The fraction of sp³-hybridized carbons (Fsp3) is 0.727. The van der Waals surface area contributed by atoms with Gasteiger partial charge in [-0.15, -0.1) is 6.58 Å². The first kappa shape index (κ1) is 11.2. The lowest BCUT2D eigenvalue weighted by atomic mass is 9.84. The molecule has 0 saturated heterocycles. The molecule has 3 heteroatoms. The number of hydrogen-bond donors (Lipinski definition) is 1. The molecule has 2 unspecified atom stereocenters. The van der Waals surface area contributed by atoms with Crippen LogP contribution in [-0.4, -0.2) is 23.8 Å². The van der Waals surface area contributed by atoms with Gasteiger partial charge in [0.05, 0.1) is 19.1 Å². The molecule has 0 amide bonds. The molecule has 1 aliphatic rings. The van der Waals surface area contributed by atoms with Crippen LogP contribution >= 0.6 is 0 Å². The second-order valence-corrected chi connectivity index (χ2v) is 3.80. The third-order valence-corrected chi connectivity index (χ3v) is 2.70. The van der Waals surface area contributed by atoms with Crippen molar-refractivity contribution in [2.45, 2.75) is 38.2 Å². The Morgan fingerprint density at radius 3 is 2.86 bits per heavy atom. The van der Waals surface area contributed by atoms with E-state index in [0.29, 0.717) is 6.61 Å². The first-order valence-corrected chi connectivity index (χ1v) is 5.18. The summed E-state index contributed by atoms with van der Waals surface area (Å²) in [6.45, 7) is 4.12. The summed E-state index contributed by atoms with van der Waals surface area (Å²) in [4.78, 5) is 10.6. The summed E-state index contributed by atoms with van der Waals surface area (Å²) in [5.74, 6) is -0.523. The minimum Gasteiger partial charge on any atom is -0.481 e. The average molecular weight is 198 g/mol. The number of ether oxygens (including phenoxy) is 1. The van der Waals surface area contributed by atoms with Gasteiger partial charge in [0.2, 0.25) is 0 Å². The summed E-state index contributed by atoms with van der Waals surface area (Å²) in [6.07, 6.45) is 6.33. The standard InChI is InChI=1S/C11H18O3/c1-2-7-14-10-6-4-3-5-9(10)8-11(12)13/h2,9-10H,1,3-8H2,(H,12,13). The summed E-state index contributed by atoms with van der Waals surface area (Å²) in [5.41, 5.74) is 0. The molecule has 0 bridgehead atoms. The zero-order chi connectivity index (χ0) is 10.4. The molecule has 1 N–H and O–H groups in total. The van der Waals surface area contributed by atoms with Crippen molar-refractivity contribution in [1.82, 2.24) is 0 Å². The van der Waals surface area contributed by atoms with Crippen LogP contribution in [-0.2, 0) is 9.53 Å². The lowest BCUT2D eigenvalue weighted by Crippen LogP contribution is -2.29. The number of rotatable bonds is 5. The molecule has 2 atom stereocenters. The van der Waals surface area contributed by atoms with Crippen LogP contribution in [0.5, 0.6) is 0 Å². The van der Waals surface area contributed by atoms with E-state index < -0.39 is 5.97 Å². The van der Waals surface area contributed by atoms with Crippen molar-refractivity contribution < 1.29 is 14.6 Å². The van der Waals surface area contributed by atoms with Gasteiger partial charge in [0.15, 0.2) is 0 Å². The van der Waals surface area contributed by atoms with Crippen molar-refractivity contribution in [1.29, 1.82) is 0 Å². The van der Waals surface area contributed by atoms with E-state index >= 15 is 0 Å². The van der Waals surface area contributed by atoms with Crippen LogP contribution in [0.25, 0.3) is 0 Å². The highest BCUT2D eigenvalue weighted by Gasteiger charge is 2.27. The maximum atomic E-state index is 10.6. The van der Waals surface area contributed by atoms with Crippen LogP contribution in [0, 0.1) is 5.92 Å². The van der Waals surface area contributed by atoms with Crippen molar-refractivity contribution in [2.24, 2.45) is 5.92 Å². The van der Waals surface area contributed by atoms with Crippen LogP contribution < -0.4 is 0 Å². The fourth-order valence-electron chi connectivity index (χ4n) is 2.04. The lowest BCUT2D eigenvalue weighted by Gasteiger charge is -2.30. The van der Waals surface area contributed by atoms with E-state index in [0.717, 1.165) is 25.7 Å². The Labute approximate surface area is 84.8 Å². The second-order valence-electron chi connectivity index (χ2n) is 3.80. The molecule has 0 heterocycles. The Balaban J connectivity index is 2.41. The van der Waals surface area contributed by atoms with E-state index in [2.05, 4.69) is 6.58 Å². The summed E-state index contributed by atoms with van der Waals surface area (Å²) in [7, 11) is 0. The highest BCUT2D eigenvalue weighted by Crippen LogP contribution is 2.29. The quantitative estimate of drug-likeness (QED) is 0.689. The van der Waals surface area contributed by atoms with Gasteiger partial charge in [0.1, 0.15) is 0 Å². The van der Waals surface area contributed by atoms with Gasteiger partial charge in [-0.2, -0.15) is 0 Å². The maximum Gasteiger partial charge on any atom is 0.303 e. The summed E-state index contributed by atoms with van der Waals surface area (Å²) in [6, 6.07) is 0. The third-order valence-electron chi connectivity index (χ3n) is 2.70. The van der Waals surface area contributed by atoms with E-state index in [-0.39, 0.29) is 18.4 Å². The van der Waals surface area contributed by atoms with Gasteiger partial charge in [0, 0.05) is 0 Å². The second kappa shape index (κ2) is 5.81. The Bertz CT molecular complexity index is 201. The van der Waals surface area contributed by atoms with Crippen LogP contribution in [0.1, 0.15) is 32.1 Å². The van der Waals surface area contributed by atoms with Gasteiger partial charge < -0.3 is 9.84 Å². The average Bonchev–Trinajstić information content (AvgIpc) is 2.16. The number of aliphatic carboxylic acids is 1. The normalized spacial score (nSPS) is 27.1. The highest BCUT2D eigenvalue weighted by atomic mass is 16.5. The molecular formula is C11H18O3. The monoisotopic (exact) mass is 198 g/mol. The smallest absolute Gasteiger partial charge is 0.303 e. The molecule has 3 nitrogen and oxygen atoms in total. The van der Waals surface area contributed by atoms with Crippen LogP contribution in [0.2, 0.25) is 0 Å². The number of carboxylic acid groups (broad SMARTS) is 1. The van der Waals surface area contributed by atoms with E-state index in [1.165, 1.54) is 0 Å². The summed E-state index contributed by atoms with van der Waals surface area (Å²) >= 11 is 0. The lowest BCUT2D eigenvalue weighted by molar-refractivity contribution is -0.140. The van der Waals surface area contributed by atoms with Crippen molar-refractivity contribution in [3.63, 3.8) is 0 Å².